The first-order valence-corrected chi connectivity index (χ1v) is 6.44. The molecule has 1 aliphatic carbocycles. The molecule has 0 aromatic heterocycles. The van der Waals surface area contributed by atoms with Gasteiger partial charge in [0.2, 0.25) is 0 Å². The second kappa shape index (κ2) is 6.32. The average molecular weight is 197 g/mol. The van der Waals surface area contributed by atoms with Crippen molar-refractivity contribution in [2.45, 2.75) is 50.7 Å². The predicted molar refractivity (Wildman–Crippen MR) is 58.7 cm³/mol. The van der Waals surface area contributed by atoms with Gasteiger partial charge in [0.05, 0.1) is 11.3 Å². The van der Waals surface area contributed by atoms with Gasteiger partial charge >= 0.3 is 0 Å². The molecule has 0 aliphatic heterocycles. The Hall–Kier alpha value is -0.160. The van der Waals surface area contributed by atoms with E-state index in [0.717, 1.165) is 5.75 Å². The molecule has 1 rings (SSSR count). The lowest BCUT2D eigenvalue weighted by atomic mass is 9.87. The SMILES string of the molecule is CCCSC(C#N)C1CCCCC1. The van der Waals surface area contributed by atoms with Crippen LogP contribution in [-0.2, 0) is 0 Å². The summed E-state index contributed by atoms with van der Waals surface area (Å²) < 4.78 is 0. The van der Waals surface area contributed by atoms with Crippen molar-refractivity contribution < 1.29 is 0 Å². The fourth-order valence-electron chi connectivity index (χ4n) is 1.96. The summed E-state index contributed by atoms with van der Waals surface area (Å²) >= 11 is 1.87. The van der Waals surface area contributed by atoms with Gasteiger partial charge in [0.25, 0.3) is 0 Å². The van der Waals surface area contributed by atoms with Crippen molar-refractivity contribution in [2.24, 2.45) is 5.92 Å². The van der Waals surface area contributed by atoms with Gasteiger partial charge < -0.3 is 0 Å². The van der Waals surface area contributed by atoms with E-state index in [2.05, 4.69) is 13.0 Å². The van der Waals surface area contributed by atoms with Crippen molar-refractivity contribution in [2.75, 3.05) is 5.75 Å². The number of hydrogen-bond acceptors (Lipinski definition) is 2. The quantitative estimate of drug-likeness (QED) is 0.687. The van der Waals surface area contributed by atoms with Crippen molar-refractivity contribution in [3.05, 3.63) is 0 Å². The van der Waals surface area contributed by atoms with E-state index in [1.54, 1.807) is 0 Å². The van der Waals surface area contributed by atoms with Gasteiger partial charge in [-0.3, -0.25) is 0 Å². The minimum absolute atomic E-state index is 0.278. The average Bonchev–Trinajstić information content (AvgIpc) is 2.21. The summed E-state index contributed by atoms with van der Waals surface area (Å²) in [6, 6.07) is 2.47. The standard InChI is InChI=1S/C11H19NS/c1-2-8-13-11(9-12)10-6-4-3-5-7-10/h10-11H,2-8H2,1H3. The Morgan fingerprint density at radius 1 is 1.38 bits per heavy atom. The van der Waals surface area contributed by atoms with Gasteiger partial charge in [-0.1, -0.05) is 26.2 Å². The van der Waals surface area contributed by atoms with Gasteiger partial charge in [-0.05, 0) is 30.9 Å². The Labute approximate surface area is 85.9 Å². The Morgan fingerprint density at radius 2 is 2.08 bits per heavy atom. The Kier molecular flexibility index (Phi) is 5.31. The van der Waals surface area contributed by atoms with E-state index in [1.807, 2.05) is 11.8 Å². The van der Waals surface area contributed by atoms with Gasteiger partial charge in [-0.15, -0.1) is 11.8 Å². The summed E-state index contributed by atoms with van der Waals surface area (Å²) in [5, 5.41) is 9.31. The highest BCUT2D eigenvalue weighted by Crippen LogP contribution is 2.32. The van der Waals surface area contributed by atoms with Gasteiger partial charge in [0.1, 0.15) is 0 Å². The van der Waals surface area contributed by atoms with E-state index in [1.165, 1.54) is 38.5 Å². The Morgan fingerprint density at radius 3 is 2.62 bits per heavy atom. The molecule has 0 bridgehead atoms. The molecule has 0 N–H and O–H groups in total. The van der Waals surface area contributed by atoms with Crippen LogP contribution in [0.25, 0.3) is 0 Å². The third-order valence-corrected chi connectivity index (χ3v) is 4.20. The fourth-order valence-corrected chi connectivity index (χ4v) is 3.07. The highest BCUT2D eigenvalue weighted by Gasteiger charge is 2.23. The zero-order valence-corrected chi connectivity index (χ0v) is 9.28. The number of thioether (sulfide) groups is 1. The minimum atomic E-state index is 0.278. The van der Waals surface area contributed by atoms with Crippen molar-refractivity contribution in [3.8, 4) is 6.07 Å². The second-order valence-corrected chi connectivity index (χ2v) is 5.07. The Bertz CT molecular complexity index is 167. The third-order valence-electron chi connectivity index (χ3n) is 2.71. The van der Waals surface area contributed by atoms with Crippen molar-refractivity contribution in [1.82, 2.24) is 0 Å². The van der Waals surface area contributed by atoms with Crippen LogP contribution in [0.15, 0.2) is 0 Å². The van der Waals surface area contributed by atoms with E-state index in [4.69, 9.17) is 5.26 Å². The second-order valence-electron chi connectivity index (χ2n) is 3.82. The highest BCUT2D eigenvalue weighted by molar-refractivity contribution is 8.00. The molecule has 0 aromatic carbocycles. The molecule has 0 aromatic rings. The maximum atomic E-state index is 9.03. The van der Waals surface area contributed by atoms with Crippen molar-refractivity contribution >= 4 is 11.8 Å². The van der Waals surface area contributed by atoms with Crippen LogP contribution in [0.1, 0.15) is 45.4 Å². The monoisotopic (exact) mass is 197 g/mol. The van der Waals surface area contributed by atoms with Gasteiger partial charge in [0, 0.05) is 0 Å². The molecule has 74 valence electrons. The predicted octanol–water partition coefficient (Wildman–Crippen LogP) is 3.60. The Balaban J connectivity index is 2.31. The van der Waals surface area contributed by atoms with Crippen molar-refractivity contribution in [3.63, 3.8) is 0 Å². The van der Waals surface area contributed by atoms with Gasteiger partial charge in [0.15, 0.2) is 0 Å². The molecule has 1 aliphatic rings. The normalized spacial score (nSPS) is 20.9. The summed E-state index contributed by atoms with van der Waals surface area (Å²) in [6.07, 6.45) is 7.83. The van der Waals surface area contributed by atoms with E-state index < -0.39 is 0 Å². The molecule has 0 saturated heterocycles. The first-order valence-electron chi connectivity index (χ1n) is 5.39. The fraction of sp³-hybridized carbons (Fsp3) is 0.909. The summed E-state index contributed by atoms with van der Waals surface area (Å²) in [5.41, 5.74) is 0. The summed E-state index contributed by atoms with van der Waals surface area (Å²) in [4.78, 5) is 0. The molecule has 1 saturated carbocycles. The van der Waals surface area contributed by atoms with Crippen LogP contribution >= 0.6 is 11.8 Å². The number of nitriles is 1. The molecule has 13 heavy (non-hydrogen) atoms. The van der Waals surface area contributed by atoms with Crippen molar-refractivity contribution in [1.29, 1.82) is 5.26 Å². The summed E-state index contributed by atoms with van der Waals surface area (Å²) in [6.45, 7) is 2.18. The van der Waals surface area contributed by atoms with Crippen LogP contribution in [0.2, 0.25) is 0 Å². The van der Waals surface area contributed by atoms with Crippen LogP contribution in [-0.4, -0.2) is 11.0 Å². The minimum Gasteiger partial charge on any atom is -0.197 e. The molecule has 0 amide bonds. The third kappa shape index (κ3) is 3.60. The van der Waals surface area contributed by atoms with E-state index in [-0.39, 0.29) is 5.25 Å². The van der Waals surface area contributed by atoms with E-state index >= 15 is 0 Å². The maximum Gasteiger partial charge on any atom is 0.0944 e. The first-order chi connectivity index (χ1) is 6.38. The summed E-state index contributed by atoms with van der Waals surface area (Å²) in [7, 11) is 0. The zero-order valence-electron chi connectivity index (χ0n) is 8.46. The highest BCUT2D eigenvalue weighted by atomic mass is 32.2. The molecule has 2 heteroatoms. The van der Waals surface area contributed by atoms with Gasteiger partial charge in [-0.25, -0.2) is 0 Å². The summed E-state index contributed by atoms with van der Waals surface area (Å²) in [5.74, 6) is 1.84. The lowest BCUT2D eigenvalue weighted by molar-refractivity contribution is 0.370. The number of nitrogens with zero attached hydrogens (tertiary/aromatic N) is 1. The molecular weight excluding hydrogens is 178 g/mol. The topological polar surface area (TPSA) is 23.8 Å². The molecular formula is C11H19NS. The maximum absolute atomic E-state index is 9.03. The van der Waals surface area contributed by atoms with Crippen LogP contribution in [0.5, 0.6) is 0 Å². The largest absolute Gasteiger partial charge is 0.197 e. The molecule has 1 unspecified atom stereocenters. The molecule has 0 heterocycles. The van der Waals surface area contributed by atoms with E-state index in [9.17, 15) is 0 Å². The molecule has 0 radical (unpaired) electrons. The zero-order chi connectivity index (χ0) is 9.52. The molecule has 0 spiro atoms. The lowest BCUT2D eigenvalue weighted by Crippen LogP contribution is -2.19. The number of rotatable bonds is 4. The smallest absolute Gasteiger partial charge is 0.0944 e. The molecule has 1 atom stereocenters. The number of hydrogen-bond donors (Lipinski definition) is 0. The van der Waals surface area contributed by atoms with Crippen LogP contribution in [0.3, 0.4) is 0 Å². The molecule has 1 nitrogen and oxygen atoms in total. The lowest BCUT2D eigenvalue weighted by Gasteiger charge is -2.25. The van der Waals surface area contributed by atoms with E-state index in [0.29, 0.717) is 5.92 Å². The van der Waals surface area contributed by atoms with Crippen LogP contribution in [0, 0.1) is 17.2 Å². The van der Waals surface area contributed by atoms with Gasteiger partial charge in [-0.2, -0.15) is 5.26 Å². The van der Waals surface area contributed by atoms with Crippen LogP contribution < -0.4 is 0 Å². The van der Waals surface area contributed by atoms with Crippen LogP contribution in [0.4, 0.5) is 0 Å². The molecule has 1 fully saturated rings. The first kappa shape index (κ1) is 10.9.